The Morgan fingerprint density at radius 2 is 1.97 bits per heavy atom. The molecule has 0 saturated heterocycles. The molecule has 2 aromatic carbocycles. The summed E-state index contributed by atoms with van der Waals surface area (Å²) in [6.45, 7) is 1.65. The van der Waals surface area contributed by atoms with Crippen LogP contribution >= 0.6 is 11.3 Å². The zero-order chi connectivity index (χ0) is 22.0. The average Bonchev–Trinajstić information content (AvgIpc) is 3.41. The predicted molar refractivity (Wildman–Crippen MR) is 125 cm³/mol. The van der Waals surface area contributed by atoms with Gasteiger partial charge in [0, 0.05) is 40.5 Å². The van der Waals surface area contributed by atoms with Crippen LogP contribution in [0.3, 0.4) is 0 Å². The van der Waals surface area contributed by atoms with Gasteiger partial charge in [-0.3, -0.25) is 14.3 Å². The molecule has 31 heavy (non-hydrogen) atoms. The molecule has 0 radical (unpaired) electrons. The largest absolute Gasteiger partial charge is 0.366 e. The Bertz CT molecular complexity index is 1240. The molecule has 2 heterocycles. The third-order valence-corrected chi connectivity index (χ3v) is 5.64. The van der Waals surface area contributed by atoms with Gasteiger partial charge in [0.05, 0.1) is 12.1 Å². The van der Waals surface area contributed by atoms with Gasteiger partial charge in [-0.2, -0.15) is 16.4 Å². The summed E-state index contributed by atoms with van der Waals surface area (Å²) in [4.78, 5) is 26.5. The van der Waals surface area contributed by atoms with Crippen molar-refractivity contribution in [1.29, 1.82) is 0 Å². The van der Waals surface area contributed by atoms with E-state index in [0.29, 0.717) is 16.8 Å². The lowest BCUT2D eigenvalue weighted by Gasteiger charge is -2.11. The number of fused-ring (bicyclic) bond motifs is 1. The molecule has 0 aliphatic heterocycles. The highest BCUT2D eigenvalue weighted by molar-refractivity contribution is 7.08. The maximum absolute atomic E-state index is 12.9. The zero-order valence-electron chi connectivity index (χ0n) is 17.3. The van der Waals surface area contributed by atoms with Crippen molar-refractivity contribution >= 4 is 39.7 Å². The predicted octanol–water partition coefficient (Wildman–Crippen LogP) is 3.68. The molecule has 2 amide bonds. The van der Waals surface area contributed by atoms with Crippen LogP contribution in [0.15, 0.2) is 59.4 Å². The van der Waals surface area contributed by atoms with Crippen LogP contribution in [0.2, 0.25) is 0 Å². The number of hydrogen-bond donors (Lipinski definition) is 2. The van der Waals surface area contributed by atoms with E-state index in [1.807, 2.05) is 53.9 Å². The van der Waals surface area contributed by atoms with Gasteiger partial charge in [0.25, 0.3) is 5.91 Å². The minimum absolute atomic E-state index is 0.295. The number of primary amides is 1. The Morgan fingerprint density at radius 3 is 2.68 bits per heavy atom. The number of benzene rings is 2. The van der Waals surface area contributed by atoms with Gasteiger partial charge in [0.1, 0.15) is 0 Å². The molecule has 0 fully saturated rings. The van der Waals surface area contributed by atoms with Crippen molar-refractivity contribution in [3.63, 3.8) is 0 Å². The molecule has 158 valence electrons. The first kappa shape index (κ1) is 20.8. The number of anilines is 1. The number of nitrogens with zero attached hydrogens (tertiary/aromatic N) is 3. The van der Waals surface area contributed by atoms with Gasteiger partial charge in [-0.15, -0.1) is 0 Å². The second-order valence-corrected chi connectivity index (χ2v) is 8.34. The van der Waals surface area contributed by atoms with E-state index < -0.39 is 5.91 Å². The van der Waals surface area contributed by atoms with Crippen molar-refractivity contribution in [2.24, 2.45) is 5.73 Å². The third-order valence-electron chi connectivity index (χ3n) is 4.96. The Morgan fingerprint density at radius 1 is 1.16 bits per heavy atom. The van der Waals surface area contributed by atoms with Crippen LogP contribution in [0.1, 0.15) is 20.7 Å². The Kier molecular flexibility index (Phi) is 5.83. The van der Waals surface area contributed by atoms with E-state index in [1.165, 1.54) is 6.07 Å². The first-order chi connectivity index (χ1) is 14.9. The fourth-order valence-electron chi connectivity index (χ4n) is 3.31. The summed E-state index contributed by atoms with van der Waals surface area (Å²) in [6.07, 6.45) is 1.99. The van der Waals surface area contributed by atoms with Crippen molar-refractivity contribution in [2.75, 3.05) is 26.0 Å². The van der Waals surface area contributed by atoms with E-state index in [4.69, 9.17) is 10.8 Å². The summed E-state index contributed by atoms with van der Waals surface area (Å²) in [6, 6.07) is 12.3. The second kappa shape index (κ2) is 8.71. The first-order valence-electron chi connectivity index (χ1n) is 9.80. The molecule has 0 atom stereocenters. The van der Waals surface area contributed by atoms with Crippen molar-refractivity contribution < 1.29 is 9.59 Å². The average molecular weight is 434 g/mol. The fraction of sp³-hybridized carbons (Fsp3) is 0.174. The lowest BCUT2D eigenvalue weighted by atomic mass is 10.0. The van der Waals surface area contributed by atoms with E-state index in [9.17, 15) is 9.59 Å². The monoisotopic (exact) mass is 433 g/mol. The molecule has 0 spiro atoms. The van der Waals surface area contributed by atoms with Crippen LogP contribution < -0.4 is 11.1 Å². The fourth-order valence-corrected chi connectivity index (χ4v) is 3.96. The highest BCUT2D eigenvalue weighted by Crippen LogP contribution is 2.33. The number of nitrogens with one attached hydrogen (secondary N) is 1. The third kappa shape index (κ3) is 4.65. The van der Waals surface area contributed by atoms with Gasteiger partial charge in [0.15, 0.2) is 0 Å². The number of nitrogens with two attached hydrogens (primary N) is 1. The molecule has 7 nitrogen and oxygen atoms in total. The van der Waals surface area contributed by atoms with E-state index >= 15 is 0 Å². The van der Waals surface area contributed by atoms with Gasteiger partial charge in [-0.25, -0.2) is 0 Å². The van der Waals surface area contributed by atoms with Crippen LogP contribution in [0.25, 0.3) is 22.0 Å². The number of amides is 2. The number of thiophene rings is 1. The topological polar surface area (TPSA) is 93.2 Å². The molecule has 0 bridgehead atoms. The van der Waals surface area contributed by atoms with Gasteiger partial charge in [-0.1, -0.05) is 6.07 Å². The van der Waals surface area contributed by atoms with Gasteiger partial charge in [-0.05, 0) is 66.8 Å². The lowest BCUT2D eigenvalue weighted by molar-refractivity contribution is 0.1000. The van der Waals surface area contributed by atoms with Gasteiger partial charge < -0.3 is 16.0 Å². The minimum Gasteiger partial charge on any atom is -0.366 e. The van der Waals surface area contributed by atoms with Crippen molar-refractivity contribution in [1.82, 2.24) is 14.7 Å². The zero-order valence-corrected chi connectivity index (χ0v) is 18.1. The normalized spacial score (nSPS) is 11.2. The standard InChI is InChI=1S/C23H23N5O2S/c1-27(2)7-8-28-13-18-11-21(19(12-20(18)26-28)17-6-9-31-14-17)25-23(30)16-5-3-4-15(10-16)22(24)29/h3-6,9-14H,7-8H2,1-2H3,(H2,24,29)(H,25,30). The molecule has 8 heteroatoms. The van der Waals surface area contributed by atoms with Crippen LogP contribution in [0.4, 0.5) is 5.69 Å². The summed E-state index contributed by atoms with van der Waals surface area (Å²) in [7, 11) is 4.05. The Labute approximate surface area is 184 Å². The second-order valence-electron chi connectivity index (χ2n) is 7.56. The Hall–Kier alpha value is -3.49. The van der Waals surface area contributed by atoms with E-state index in [0.717, 1.165) is 35.1 Å². The lowest BCUT2D eigenvalue weighted by Crippen LogP contribution is -2.18. The van der Waals surface area contributed by atoms with Gasteiger partial charge >= 0.3 is 0 Å². The Balaban J connectivity index is 1.71. The maximum atomic E-state index is 12.9. The molecule has 2 aromatic heterocycles. The highest BCUT2D eigenvalue weighted by atomic mass is 32.1. The van der Waals surface area contributed by atoms with Crippen LogP contribution in [-0.2, 0) is 6.54 Å². The molecule has 0 aliphatic carbocycles. The SMILES string of the molecule is CN(C)CCn1cc2cc(NC(=O)c3cccc(C(N)=O)c3)c(-c3ccsc3)cc2n1. The van der Waals surface area contributed by atoms with Crippen molar-refractivity contribution in [3.05, 3.63) is 70.5 Å². The van der Waals surface area contributed by atoms with E-state index in [2.05, 4.69) is 10.2 Å². The molecule has 0 unspecified atom stereocenters. The molecule has 4 rings (SSSR count). The number of carbonyl (C=O) groups excluding carboxylic acids is 2. The number of rotatable bonds is 7. The van der Waals surface area contributed by atoms with Gasteiger partial charge in [0.2, 0.25) is 5.91 Å². The van der Waals surface area contributed by atoms with Crippen molar-refractivity contribution in [2.45, 2.75) is 6.54 Å². The number of carbonyl (C=O) groups is 2. The minimum atomic E-state index is -0.569. The van der Waals surface area contributed by atoms with Crippen LogP contribution in [0, 0.1) is 0 Å². The summed E-state index contributed by atoms with van der Waals surface area (Å²) >= 11 is 1.59. The quantitative estimate of drug-likeness (QED) is 0.465. The molecule has 3 N–H and O–H groups in total. The molecule has 0 aliphatic rings. The van der Waals surface area contributed by atoms with E-state index in [1.54, 1.807) is 29.5 Å². The molecule has 4 aromatic rings. The summed E-state index contributed by atoms with van der Waals surface area (Å²) < 4.78 is 1.92. The molecule has 0 saturated carbocycles. The van der Waals surface area contributed by atoms with Crippen LogP contribution in [0.5, 0.6) is 0 Å². The number of hydrogen-bond acceptors (Lipinski definition) is 5. The first-order valence-corrected chi connectivity index (χ1v) is 10.7. The summed E-state index contributed by atoms with van der Waals surface area (Å²) in [5.41, 5.74) is 9.48. The smallest absolute Gasteiger partial charge is 0.255 e. The summed E-state index contributed by atoms with van der Waals surface area (Å²) in [5, 5.41) is 12.7. The summed E-state index contributed by atoms with van der Waals surface area (Å²) in [5.74, 6) is -0.876. The highest BCUT2D eigenvalue weighted by Gasteiger charge is 2.15. The number of aromatic nitrogens is 2. The van der Waals surface area contributed by atoms with Crippen LogP contribution in [-0.4, -0.2) is 47.1 Å². The molecular formula is C23H23N5O2S. The van der Waals surface area contributed by atoms with E-state index in [-0.39, 0.29) is 5.91 Å². The van der Waals surface area contributed by atoms with Crippen molar-refractivity contribution in [3.8, 4) is 11.1 Å². The number of likely N-dealkylation sites (N-methyl/N-ethyl adjacent to an activating group) is 1. The maximum Gasteiger partial charge on any atom is 0.255 e. The molecular weight excluding hydrogens is 410 g/mol.